The average molecular weight is 253 g/mol. The molecule has 0 aromatic heterocycles. The highest BCUT2D eigenvalue weighted by atomic mass is 16.5. The van der Waals surface area contributed by atoms with Crippen LogP contribution in [0.25, 0.3) is 0 Å². The summed E-state index contributed by atoms with van der Waals surface area (Å²) in [5.41, 5.74) is 1.01. The number of hydrogen-bond acceptors (Lipinski definition) is 4. The van der Waals surface area contributed by atoms with Gasteiger partial charge in [0.1, 0.15) is 5.75 Å². The Morgan fingerprint density at radius 3 is 2.61 bits per heavy atom. The van der Waals surface area contributed by atoms with Crippen molar-refractivity contribution in [3.8, 4) is 5.75 Å². The molecule has 0 aliphatic rings. The van der Waals surface area contributed by atoms with Gasteiger partial charge in [0.25, 0.3) is 0 Å². The molecule has 1 aromatic rings. The minimum Gasteiger partial charge on any atom is -0.496 e. The third kappa shape index (κ3) is 3.98. The molecule has 1 aromatic carbocycles. The highest BCUT2D eigenvalue weighted by Crippen LogP contribution is 2.30. The summed E-state index contributed by atoms with van der Waals surface area (Å²) in [6.07, 6.45) is -0.710. The third-order valence-corrected chi connectivity index (χ3v) is 2.99. The van der Waals surface area contributed by atoms with Gasteiger partial charge in [0.15, 0.2) is 0 Å². The van der Waals surface area contributed by atoms with Crippen LogP contribution in [0.1, 0.15) is 19.4 Å². The van der Waals surface area contributed by atoms with Crippen LogP contribution in [0.2, 0.25) is 0 Å². The van der Waals surface area contributed by atoms with Crippen LogP contribution in [0.5, 0.6) is 5.75 Å². The molecule has 1 atom stereocenters. The average Bonchev–Trinajstić information content (AvgIpc) is 2.38. The molecule has 102 valence electrons. The minimum absolute atomic E-state index is 0.109. The zero-order chi connectivity index (χ0) is 13.6. The molecule has 0 bridgehead atoms. The van der Waals surface area contributed by atoms with Crippen molar-refractivity contribution in [2.24, 2.45) is 0 Å². The first-order chi connectivity index (χ1) is 8.51. The molecule has 1 rings (SSSR count). The number of rotatable bonds is 7. The smallest absolute Gasteiger partial charge is 0.122 e. The summed E-state index contributed by atoms with van der Waals surface area (Å²) in [4.78, 5) is 0. The molecule has 0 saturated carbocycles. The van der Waals surface area contributed by atoms with Gasteiger partial charge in [-0.3, -0.25) is 0 Å². The van der Waals surface area contributed by atoms with Gasteiger partial charge in [0.05, 0.1) is 19.8 Å². The molecule has 0 fully saturated rings. The maximum Gasteiger partial charge on any atom is 0.122 e. The zero-order valence-corrected chi connectivity index (χ0v) is 11.3. The maximum atomic E-state index is 9.29. The van der Waals surface area contributed by atoms with Crippen molar-refractivity contribution in [3.05, 3.63) is 29.8 Å². The number of benzene rings is 1. The second kappa shape index (κ2) is 6.73. The molecule has 4 heteroatoms. The van der Waals surface area contributed by atoms with Gasteiger partial charge in [-0.2, -0.15) is 0 Å². The van der Waals surface area contributed by atoms with Gasteiger partial charge in [-0.15, -0.1) is 0 Å². The van der Waals surface area contributed by atoms with E-state index in [-0.39, 0.29) is 12.0 Å². The number of ether oxygens (including phenoxy) is 1. The summed E-state index contributed by atoms with van der Waals surface area (Å²) in [5.74, 6) is 0.868. The van der Waals surface area contributed by atoms with Crippen LogP contribution < -0.4 is 10.1 Å². The van der Waals surface area contributed by atoms with Crippen molar-refractivity contribution < 1.29 is 14.9 Å². The Balaban J connectivity index is 2.67. The first kappa shape index (κ1) is 15.0. The van der Waals surface area contributed by atoms with Crippen molar-refractivity contribution >= 4 is 0 Å². The minimum atomic E-state index is -0.710. The quantitative estimate of drug-likeness (QED) is 0.676. The van der Waals surface area contributed by atoms with Crippen LogP contribution in [-0.2, 0) is 5.41 Å². The maximum absolute atomic E-state index is 9.29. The predicted octanol–water partition coefficient (Wildman–Crippen LogP) is 0.916. The first-order valence-electron chi connectivity index (χ1n) is 6.14. The molecule has 0 radical (unpaired) electrons. The van der Waals surface area contributed by atoms with E-state index in [1.165, 1.54) is 0 Å². The monoisotopic (exact) mass is 253 g/mol. The number of aliphatic hydroxyl groups is 2. The number of nitrogens with one attached hydrogen (secondary N) is 1. The van der Waals surface area contributed by atoms with Crippen molar-refractivity contribution in [2.75, 3.05) is 26.8 Å². The Bertz CT molecular complexity index is 366. The molecule has 0 amide bonds. The molecule has 4 nitrogen and oxygen atoms in total. The third-order valence-electron chi connectivity index (χ3n) is 2.99. The fourth-order valence-electron chi connectivity index (χ4n) is 1.91. The largest absolute Gasteiger partial charge is 0.496 e. The van der Waals surface area contributed by atoms with E-state index in [2.05, 4.69) is 19.2 Å². The molecular formula is C14H23NO3. The Kier molecular flexibility index (Phi) is 5.59. The highest BCUT2D eigenvalue weighted by molar-refractivity contribution is 5.39. The second-order valence-corrected chi connectivity index (χ2v) is 5.05. The molecule has 3 N–H and O–H groups in total. The van der Waals surface area contributed by atoms with E-state index in [1.54, 1.807) is 7.11 Å². The van der Waals surface area contributed by atoms with E-state index in [1.807, 2.05) is 24.3 Å². The second-order valence-electron chi connectivity index (χ2n) is 5.05. The summed E-state index contributed by atoms with van der Waals surface area (Å²) < 4.78 is 5.36. The fraction of sp³-hybridized carbons (Fsp3) is 0.571. The predicted molar refractivity (Wildman–Crippen MR) is 72.0 cm³/mol. The Labute approximate surface area is 109 Å². The summed E-state index contributed by atoms with van der Waals surface area (Å²) in [5, 5.41) is 21.2. The molecule has 0 aliphatic carbocycles. The topological polar surface area (TPSA) is 61.7 Å². The van der Waals surface area contributed by atoms with Gasteiger partial charge in [-0.05, 0) is 6.07 Å². The number of para-hydroxylation sites is 1. The van der Waals surface area contributed by atoms with Crippen LogP contribution in [-0.4, -0.2) is 43.1 Å². The first-order valence-corrected chi connectivity index (χ1v) is 6.14. The van der Waals surface area contributed by atoms with Crippen molar-refractivity contribution in [1.82, 2.24) is 5.32 Å². The van der Waals surface area contributed by atoms with Gasteiger partial charge in [0, 0.05) is 24.1 Å². The van der Waals surface area contributed by atoms with Crippen molar-refractivity contribution in [1.29, 1.82) is 0 Å². The van der Waals surface area contributed by atoms with E-state index in [9.17, 15) is 5.11 Å². The van der Waals surface area contributed by atoms with Crippen molar-refractivity contribution in [2.45, 2.75) is 25.4 Å². The molecule has 0 spiro atoms. The van der Waals surface area contributed by atoms with Crippen LogP contribution >= 0.6 is 0 Å². The van der Waals surface area contributed by atoms with E-state index in [0.29, 0.717) is 13.1 Å². The Hall–Kier alpha value is -1.10. The Morgan fingerprint density at radius 1 is 1.33 bits per heavy atom. The lowest BCUT2D eigenvalue weighted by atomic mass is 9.84. The normalized spacial score (nSPS) is 13.4. The van der Waals surface area contributed by atoms with Crippen LogP contribution in [0, 0.1) is 0 Å². The number of hydrogen-bond donors (Lipinski definition) is 3. The lowest BCUT2D eigenvalue weighted by molar-refractivity contribution is 0.0934. The molecule has 0 aliphatic heterocycles. The lowest BCUT2D eigenvalue weighted by Crippen LogP contribution is -2.38. The SMILES string of the molecule is COc1ccccc1C(C)(C)CNCC(O)CO. The summed E-state index contributed by atoms with van der Waals surface area (Å²) in [6.45, 7) is 5.09. The molecule has 0 saturated heterocycles. The van der Waals surface area contributed by atoms with Gasteiger partial charge < -0.3 is 20.3 Å². The zero-order valence-electron chi connectivity index (χ0n) is 11.3. The molecule has 1 unspecified atom stereocenters. The van der Waals surface area contributed by atoms with Gasteiger partial charge in [-0.25, -0.2) is 0 Å². The van der Waals surface area contributed by atoms with Crippen molar-refractivity contribution in [3.63, 3.8) is 0 Å². The molecule has 18 heavy (non-hydrogen) atoms. The van der Waals surface area contributed by atoms with Gasteiger partial charge in [-0.1, -0.05) is 32.0 Å². The van der Waals surface area contributed by atoms with Crippen LogP contribution in [0.15, 0.2) is 24.3 Å². The Morgan fingerprint density at radius 2 is 2.00 bits per heavy atom. The summed E-state index contributed by atoms with van der Waals surface area (Å²) in [7, 11) is 1.66. The van der Waals surface area contributed by atoms with Gasteiger partial charge >= 0.3 is 0 Å². The van der Waals surface area contributed by atoms with E-state index in [4.69, 9.17) is 9.84 Å². The lowest BCUT2D eigenvalue weighted by Gasteiger charge is -2.28. The molecular weight excluding hydrogens is 230 g/mol. The standard InChI is InChI=1S/C14H23NO3/c1-14(2,10-15-8-11(17)9-16)12-6-4-5-7-13(12)18-3/h4-7,11,15-17H,8-10H2,1-3H3. The van der Waals surface area contributed by atoms with Crippen LogP contribution in [0.3, 0.4) is 0 Å². The number of methoxy groups -OCH3 is 1. The van der Waals surface area contributed by atoms with E-state index >= 15 is 0 Å². The van der Waals surface area contributed by atoms with Gasteiger partial charge in [0.2, 0.25) is 0 Å². The fourth-order valence-corrected chi connectivity index (χ4v) is 1.91. The van der Waals surface area contributed by atoms with Crippen LogP contribution in [0.4, 0.5) is 0 Å². The highest BCUT2D eigenvalue weighted by Gasteiger charge is 2.23. The van der Waals surface area contributed by atoms with E-state index in [0.717, 1.165) is 11.3 Å². The number of aliphatic hydroxyl groups excluding tert-OH is 2. The summed E-state index contributed by atoms with van der Waals surface area (Å²) in [6, 6.07) is 7.92. The molecule has 0 heterocycles. The summed E-state index contributed by atoms with van der Waals surface area (Å²) >= 11 is 0. The van der Waals surface area contributed by atoms with E-state index < -0.39 is 6.10 Å².